The molecule has 1 aliphatic heterocycles. The van der Waals surface area contributed by atoms with Gasteiger partial charge in [-0.1, -0.05) is 11.6 Å². The lowest BCUT2D eigenvalue weighted by atomic mass is 10.1. The standard InChI is InChI=1S/C11H10ClN3O3/c12-8-3-7(11(16)17)4-15-9(13-14-10(8)15)6-1-2-18-5-6/h3-4,6H,1-2,5H2,(H,16,17). The number of carboxylic acid groups (broad SMARTS) is 1. The van der Waals surface area contributed by atoms with Crippen LogP contribution in [0.3, 0.4) is 0 Å². The fraction of sp³-hybridized carbons (Fsp3) is 0.364. The van der Waals surface area contributed by atoms with Crippen LogP contribution in [0.2, 0.25) is 5.02 Å². The molecular weight excluding hydrogens is 258 g/mol. The number of rotatable bonds is 2. The van der Waals surface area contributed by atoms with Crippen molar-refractivity contribution in [2.45, 2.75) is 12.3 Å². The summed E-state index contributed by atoms with van der Waals surface area (Å²) in [6.45, 7) is 1.27. The lowest BCUT2D eigenvalue weighted by Crippen LogP contribution is -2.06. The molecule has 0 radical (unpaired) electrons. The fourth-order valence-electron chi connectivity index (χ4n) is 2.10. The summed E-state index contributed by atoms with van der Waals surface area (Å²) < 4.78 is 6.95. The Kier molecular flexibility index (Phi) is 2.68. The van der Waals surface area contributed by atoms with Crippen molar-refractivity contribution in [3.8, 4) is 0 Å². The number of fused-ring (bicyclic) bond motifs is 1. The SMILES string of the molecule is O=C(O)c1cc(Cl)c2nnc(C3CCOC3)n2c1. The first-order chi connectivity index (χ1) is 8.66. The summed E-state index contributed by atoms with van der Waals surface area (Å²) in [4.78, 5) is 11.0. The summed E-state index contributed by atoms with van der Waals surface area (Å²) >= 11 is 6.01. The molecule has 18 heavy (non-hydrogen) atoms. The van der Waals surface area contributed by atoms with Gasteiger partial charge in [-0.25, -0.2) is 4.79 Å². The van der Waals surface area contributed by atoms with E-state index in [-0.39, 0.29) is 16.5 Å². The lowest BCUT2D eigenvalue weighted by molar-refractivity contribution is 0.0696. The molecule has 1 aliphatic rings. The number of halogens is 1. The largest absolute Gasteiger partial charge is 0.478 e. The van der Waals surface area contributed by atoms with Gasteiger partial charge in [-0.2, -0.15) is 0 Å². The van der Waals surface area contributed by atoms with Gasteiger partial charge in [0.2, 0.25) is 0 Å². The molecule has 0 spiro atoms. The molecule has 6 nitrogen and oxygen atoms in total. The molecule has 2 aromatic rings. The molecule has 1 saturated heterocycles. The average molecular weight is 268 g/mol. The molecule has 0 saturated carbocycles. The van der Waals surface area contributed by atoms with Crippen LogP contribution in [0, 0.1) is 0 Å². The molecule has 0 amide bonds. The van der Waals surface area contributed by atoms with Crippen molar-refractivity contribution in [2.75, 3.05) is 13.2 Å². The van der Waals surface area contributed by atoms with E-state index < -0.39 is 5.97 Å². The highest BCUT2D eigenvalue weighted by molar-refractivity contribution is 6.33. The number of carbonyl (C=O) groups is 1. The average Bonchev–Trinajstić information content (AvgIpc) is 2.96. The molecular formula is C11H10ClN3O3. The van der Waals surface area contributed by atoms with Gasteiger partial charge in [0, 0.05) is 18.7 Å². The van der Waals surface area contributed by atoms with Gasteiger partial charge in [-0.05, 0) is 12.5 Å². The van der Waals surface area contributed by atoms with Crippen LogP contribution in [-0.4, -0.2) is 38.9 Å². The summed E-state index contributed by atoms with van der Waals surface area (Å²) in [6.07, 6.45) is 2.35. The number of aromatic carboxylic acids is 1. The van der Waals surface area contributed by atoms with Crippen molar-refractivity contribution < 1.29 is 14.6 Å². The van der Waals surface area contributed by atoms with E-state index in [0.717, 1.165) is 6.42 Å². The molecule has 1 N–H and O–H groups in total. The Morgan fingerprint density at radius 3 is 3.06 bits per heavy atom. The maximum Gasteiger partial charge on any atom is 0.337 e. The molecule has 3 heterocycles. The van der Waals surface area contributed by atoms with Crippen molar-refractivity contribution in [3.05, 3.63) is 28.7 Å². The number of aromatic nitrogens is 3. The maximum absolute atomic E-state index is 11.0. The zero-order valence-corrected chi connectivity index (χ0v) is 10.1. The second-order valence-corrected chi connectivity index (χ2v) is 4.60. The number of hydrogen-bond acceptors (Lipinski definition) is 4. The quantitative estimate of drug-likeness (QED) is 0.894. The molecule has 0 bridgehead atoms. The maximum atomic E-state index is 11.0. The lowest BCUT2D eigenvalue weighted by Gasteiger charge is -2.06. The Hall–Kier alpha value is -1.66. The van der Waals surface area contributed by atoms with Gasteiger partial charge in [0.1, 0.15) is 5.82 Å². The molecule has 1 unspecified atom stereocenters. The normalized spacial score (nSPS) is 19.5. The Labute approximate surface area is 107 Å². The summed E-state index contributed by atoms with van der Waals surface area (Å²) in [6, 6.07) is 1.38. The van der Waals surface area contributed by atoms with Crippen molar-refractivity contribution in [1.29, 1.82) is 0 Å². The minimum absolute atomic E-state index is 0.118. The van der Waals surface area contributed by atoms with Crippen molar-refractivity contribution >= 4 is 23.2 Å². The van der Waals surface area contributed by atoms with E-state index in [9.17, 15) is 4.79 Å². The van der Waals surface area contributed by atoms with E-state index in [1.165, 1.54) is 12.3 Å². The number of hydrogen-bond donors (Lipinski definition) is 1. The minimum Gasteiger partial charge on any atom is -0.478 e. The Morgan fingerprint density at radius 2 is 2.39 bits per heavy atom. The van der Waals surface area contributed by atoms with Gasteiger partial charge >= 0.3 is 5.97 Å². The highest BCUT2D eigenvalue weighted by Crippen LogP contribution is 2.26. The van der Waals surface area contributed by atoms with E-state index in [4.69, 9.17) is 21.4 Å². The molecule has 0 aliphatic carbocycles. The van der Waals surface area contributed by atoms with Gasteiger partial charge in [0.05, 0.1) is 17.2 Å². The molecule has 1 fully saturated rings. The molecule has 7 heteroatoms. The van der Waals surface area contributed by atoms with Gasteiger partial charge in [-0.3, -0.25) is 4.40 Å². The highest BCUT2D eigenvalue weighted by Gasteiger charge is 2.24. The molecule has 2 aromatic heterocycles. The van der Waals surface area contributed by atoms with Crippen molar-refractivity contribution in [3.63, 3.8) is 0 Å². The first-order valence-corrected chi connectivity index (χ1v) is 5.90. The molecule has 3 rings (SSSR count). The van der Waals surface area contributed by atoms with Crippen LogP contribution in [-0.2, 0) is 4.74 Å². The van der Waals surface area contributed by atoms with Crippen molar-refractivity contribution in [1.82, 2.24) is 14.6 Å². The molecule has 0 aromatic carbocycles. The third-order valence-corrected chi connectivity index (χ3v) is 3.31. The second kappa shape index (κ2) is 4.22. The fourth-order valence-corrected chi connectivity index (χ4v) is 2.35. The molecule has 94 valence electrons. The summed E-state index contributed by atoms with van der Waals surface area (Å²) in [5, 5.41) is 17.4. The topological polar surface area (TPSA) is 76.7 Å². The highest BCUT2D eigenvalue weighted by atomic mass is 35.5. The summed E-state index contributed by atoms with van der Waals surface area (Å²) in [5.41, 5.74) is 0.594. The molecule has 1 atom stereocenters. The number of pyridine rings is 1. The van der Waals surface area contributed by atoms with Crippen LogP contribution >= 0.6 is 11.6 Å². The zero-order valence-electron chi connectivity index (χ0n) is 9.34. The van der Waals surface area contributed by atoms with Crippen LogP contribution < -0.4 is 0 Å². The van der Waals surface area contributed by atoms with E-state index in [2.05, 4.69) is 10.2 Å². The number of ether oxygens (including phenoxy) is 1. The van der Waals surface area contributed by atoms with Crippen molar-refractivity contribution in [2.24, 2.45) is 0 Å². The third-order valence-electron chi connectivity index (χ3n) is 3.03. The Balaban J connectivity index is 2.18. The number of carboxylic acids is 1. The smallest absolute Gasteiger partial charge is 0.337 e. The van der Waals surface area contributed by atoms with Crippen LogP contribution in [0.25, 0.3) is 5.65 Å². The van der Waals surface area contributed by atoms with Crippen LogP contribution in [0.5, 0.6) is 0 Å². The predicted octanol–water partition coefficient (Wildman–Crippen LogP) is 1.58. The summed E-state index contributed by atoms with van der Waals surface area (Å²) in [5.74, 6) is -0.186. The number of nitrogens with zero attached hydrogens (tertiary/aromatic N) is 3. The van der Waals surface area contributed by atoms with Gasteiger partial charge < -0.3 is 9.84 Å². The van der Waals surface area contributed by atoms with Crippen LogP contribution in [0.15, 0.2) is 12.3 Å². The van der Waals surface area contributed by atoms with Crippen LogP contribution in [0.4, 0.5) is 0 Å². The van der Waals surface area contributed by atoms with Crippen LogP contribution in [0.1, 0.15) is 28.5 Å². The van der Waals surface area contributed by atoms with Gasteiger partial charge in [-0.15, -0.1) is 10.2 Å². The first-order valence-electron chi connectivity index (χ1n) is 5.52. The second-order valence-electron chi connectivity index (χ2n) is 4.19. The minimum atomic E-state index is -1.03. The zero-order chi connectivity index (χ0) is 12.7. The van der Waals surface area contributed by atoms with E-state index >= 15 is 0 Å². The monoisotopic (exact) mass is 267 g/mol. The van der Waals surface area contributed by atoms with E-state index in [1.807, 2.05) is 0 Å². The van der Waals surface area contributed by atoms with Gasteiger partial charge in [0.25, 0.3) is 0 Å². The first kappa shape index (κ1) is 11.4. The van der Waals surface area contributed by atoms with Gasteiger partial charge in [0.15, 0.2) is 5.65 Å². The summed E-state index contributed by atoms with van der Waals surface area (Å²) in [7, 11) is 0. The Morgan fingerprint density at radius 1 is 1.56 bits per heavy atom. The third kappa shape index (κ3) is 1.74. The van der Waals surface area contributed by atoms with E-state index in [1.54, 1.807) is 4.40 Å². The van der Waals surface area contributed by atoms with E-state index in [0.29, 0.717) is 24.7 Å². The Bertz CT molecular complexity index is 619. The predicted molar refractivity (Wildman–Crippen MR) is 63.1 cm³/mol.